The highest BCUT2D eigenvalue weighted by Crippen LogP contribution is 2.32. The SMILES string of the molecule is CC1OCCC1(C)NC(=O)C1CCCCC1C(=O)O. The molecule has 0 aromatic rings. The molecule has 1 amide bonds. The fraction of sp³-hybridized carbons (Fsp3) is 0.857. The lowest BCUT2D eigenvalue weighted by atomic mass is 9.78. The minimum absolute atomic E-state index is 0.0247. The number of nitrogens with one attached hydrogen (secondary N) is 1. The third-order valence-corrected chi connectivity index (χ3v) is 4.72. The van der Waals surface area contributed by atoms with Crippen molar-refractivity contribution in [2.75, 3.05) is 6.61 Å². The summed E-state index contributed by atoms with van der Waals surface area (Å²) >= 11 is 0. The molecule has 2 rings (SSSR count). The number of amides is 1. The maximum atomic E-state index is 12.4. The van der Waals surface area contributed by atoms with Crippen molar-refractivity contribution in [3.05, 3.63) is 0 Å². The molecule has 19 heavy (non-hydrogen) atoms. The van der Waals surface area contributed by atoms with Crippen LogP contribution in [-0.2, 0) is 14.3 Å². The van der Waals surface area contributed by atoms with E-state index in [1.807, 2.05) is 13.8 Å². The van der Waals surface area contributed by atoms with Gasteiger partial charge in [-0.05, 0) is 33.1 Å². The van der Waals surface area contributed by atoms with Crippen molar-refractivity contribution in [3.8, 4) is 0 Å². The summed E-state index contributed by atoms with van der Waals surface area (Å²) in [7, 11) is 0. The van der Waals surface area contributed by atoms with Gasteiger partial charge < -0.3 is 15.2 Å². The van der Waals surface area contributed by atoms with Gasteiger partial charge in [0, 0.05) is 6.61 Å². The number of ether oxygens (including phenoxy) is 1. The molecule has 1 aliphatic carbocycles. The van der Waals surface area contributed by atoms with Gasteiger partial charge in [-0.15, -0.1) is 0 Å². The van der Waals surface area contributed by atoms with E-state index >= 15 is 0 Å². The second-order valence-corrected chi connectivity index (χ2v) is 6.01. The summed E-state index contributed by atoms with van der Waals surface area (Å²) in [6, 6.07) is 0. The molecule has 0 radical (unpaired) electrons. The summed E-state index contributed by atoms with van der Waals surface area (Å²) in [6.07, 6.45) is 3.87. The number of hydrogen-bond donors (Lipinski definition) is 2. The van der Waals surface area contributed by atoms with E-state index in [0.29, 0.717) is 19.4 Å². The van der Waals surface area contributed by atoms with Crippen molar-refractivity contribution < 1.29 is 19.4 Å². The summed E-state index contributed by atoms with van der Waals surface area (Å²) in [4.78, 5) is 23.6. The predicted molar refractivity (Wildman–Crippen MR) is 69.7 cm³/mol. The lowest BCUT2D eigenvalue weighted by Gasteiger charge is -2.34. The summed E-state index contributed by atoms with van der Waals surface area (Å²) in [5, 5.41) is 12.3. The van der Waals surface area contributed by atoms with Gasteiger partial charge in [-0.1, -0.05) is 12.8 Å². The maximum absolute atomic E-state index is 12.4. The van der Waals surface area contributed by atoms with Crippen LogP contribution in [0.5, 0.6) is 0 Å². The molecule has 1 saturated heterocycles. The van der Waals surface area contributed by atoms with Crippen LogP contribution in [0.1, 0.15) is 46.0 Å². The van der Waals surface area contributed by atoms with Crippen LogP contribution < -0.4 is 5.32 Å². The van der Waals surface area contributed by atoms with Crippen molar-refractivity contribution in [1.29, 1.82) is 0 Å². The van der Waals surface area contributed by atoms with Crippen LogP contribution in [0.2, 0.25) is 0 Å². The van der Waals surface area contributed by atoms with E-state index in [1.165, 1.54) is 0 Å². The molecular formula is C14H23NO4. The lowest BCUT2D eigenvalue weighted by molar-refractivity contribution is -0.149. The highest BCUT2D eigenvalue weighted by atomic mass is 16.5. The Morgan fingerprint density at radius 1 is 1.26 bits per heavy atom. The predicted octanol–water partition coefficient (Wildman–Crippen LogP) is 1.56. The Balaban J connectivity index is 2.03. The van der Waals surface area contributed by atoms with Crippen molar-refractivity contribution >= 4 is 11.9 Å². The number of carboxylic acids is 1. The maximum Gasteiger partial charge on any atom is 0.307 e. The number of carbonyl (C=O) groups is 2. The molecule has 5 heteroatoms. The van der Waals surface area contributed by atoms with Gasteiger partial charge in [0.15, 0.2) is 0 Å². The van der Waals surface area contributed by atoms with E-state index in [2.05, 4.69) is 5.32 Å². The molecule has 1 heterocycles. The molecule has 108 valence electrons. The first kappa shape index (κ1) is 14.3. The fourth-order valence-electron chi connectivity index (χ4n) is 3.11. The minimum Gasteiger partial charge on any atom is -0.481 e. The van der Waals surface area contributed by atoms with Gasteiger partial charge in [-0.25, -0.2) is 0 Å². The van der Waals surface area contributed by atoms with Crippen molar-refractivity contribution in [2.24, 2.45) is 11.8 Å². The van der Waals surface area contributed by atoms with Crippen molar-refractivity contribution in [2.45, 2.75) is 57.6 Å². The second kappa shape index (κ2) is 5.49. The largest absolute Gasteiger partial charge is 0.481 e. The first-order chi connectivity index (χ1) is 8.94. The zero-order chi connectivity index (χ0) is 14.0. The van der Waals surface area contributed by atoms with Crippen LogP contribution in [0.3, 0.4) is 0 Å². The van der Waals surface area contributed by atoms with E-state index in [4.69, 9.17) is 4.74 Å². The molecule has 2 N–H and O–H groups in total. The molecule has 0 spiro atoms. The third kappa shape index (κ3) is 2.91. The number of hydrogen-bond acceptors (Lipinski definition) is 3. The Kier molecular flexibility index (Phi) is 4.13. The van der Waals surface area contributed by atoms with Gasteiger partial charge >= 0.3 is 5.97 Å². The molecule has 2 aliphatic rings. The summed E-state index contributed by atoms with van der Waals surface area (Å²) in [5.41, 5.74) is -0.364. The second-order valence-electron chi connectivity index (χ2n) is 6.01. The molecular weight excluding hydrogens is 246 g/mol. The van der Waals surface area contributed by atoms with E-state index in [0.717, 1.165) is 19.3 Å². The number of aliphatic carboxylic acids is 1. The molecule has 0 bridgehead atoms. The summed E-state index contributed by atoms with van der Waals surface area (Å²) < 4.78 is 5.50. The van der Waals surface area contributed by atoms with Gasteiger partial charge in [-0.2, -0.15) is 0 Å². The van der Waals surface area contributed by atoms with Crippen LogP contribution in [0.4, 0.5) is 0 Å². The third-order valence-electron chi connectivity index (χ3n) is 4.72. The Hall–Kier alpha value is -1.10. The van der Waals surface area contributed by atoms with Gasteiger partial charge in [0.1, 0.15) is 0 Å². The topological polar surface area (TPSA) is 75.6 Å². The van der Waals surface area contributed by atoms with Crippen molar-refractivity contribution in [1.82, 2.24) is 5.32 Å². The number of carbonyl (C=O) groups excluding carboxylic acids is 1. The van der Waals surface area contributed by atoms with E-state index in [-0.39, 0.29) is 17.6 Å². The standard InChI is InChI=1S/C14H23NO4/c1-9-14(2,7-8-19-9)15-12(16)10-5-3-4-6-11(10)13(17)18/h9-11H,3-8H2,1-2H3,(H,15,16)(H,17,18). The molecule has 0 aromatic carbocycles. The van der Waals surface area contributed by atoms with Crippen LogP contribution in [0, 0.1) is 11.8 Å². The van der Waals surface area contributed by atoms with Crippen molar-refractivity contribution in [3.63, 3.8) is 0 Å². The van der Waals surface area contributed by atoms with E-state index in [9.17, 15) is 14.7 Å². The van der Waals surface area contributed by atoms with Crippen LogP contribution in [-0.4, -0.2) is 35.2 Å². The average molecular weight is 269 g/mol. The Labute approximate surface area is 113 Å². The Morgan fingerprint density at radius 2 is 1.89 bits per heavy atom. The molecule has 4 atom stereocenters. The van der Waals surface area contributed by atoms with Gasteiger partial charge in [0.2, 0.25) is 5.91 Å². The monoisotopic (exact) mass is 269 g/mol. The molecule has 1 aliphatic heterocycles. The Morgan fingerprint density at radius 3 is 2.42 bits per heavy atom. The number of carboxylic acid groups (broad SMARTS) is 1. The first-order valence-corrected chi connectivity index (χ1v) is 7.10. The molecule has 5 nitrogen and oxygen atoms in total. The molecule has 1 saturated carbocycles. The van der Waals surface area contributed by atoms with Gasteiger partial charge in [0.25, 0.3) is 0 Å². The zero-order valence-corrected chi connectivity index (χ0v) is 11.6. The van der Waals surface area contributed by atoms with Gasteiger partial charge in [0.05, 0.1) is 23.5 Å². The van der Waals surface area contributed by atoms with Crippen LogP contribution in [0.25, 0.3) is 0 Å². The Bertz CT molecular complexity index is 370. The van der Waals surface area contributed by atoms with E-state index < -0.39 is 17.8 Å². The molecule has 0 aromatic heterocycles. The average Bonchev–Trinajstić information content (AvgIpc) is 2.69. The van der Waals surface area contributed by atoms with Gasteiger partial charge in [-0.3, -0.25) is 9.59 Å². The zero-order valence-electron chi connectivity index (χ0n) is 11.6. The molecule has 2 fully saturated rings. The summed E-state index contributed by atoms with van der Waals surface area (Å²) in [5.74, 6) is -1.89. The highest BCUT2D eigenvalue weighted by Gasteiger charge is 2.42. The summed E-state index contributed by atoms with van der Waals surface area (Å²) in [6.45, 7) is 4.56. The van der Waals surface area contributed by atoms with Crippen LogP contribution >= 0.6 is 0 Å². The first-order valence-electron chi connectivity index (χ1n) is 7.10. The fourth-order valence-corrected chi connectivity index (χ4v) is 3.11. The van der Waals surface area contributed by atoms with Crippen LogP contribution in [0.15, 0.2) is 0 Å². The normalized spacial score (nSPS) is 38.9. The minimum atomic E-state index is -0.847. The van der Waals surface area contributed by atoms with E-state index in [1.54, 1.807) is 0 Å². The number of rotatable bonds is 3. The lowest BCUT2D eigenvalue weighted by Crippen LogP contribution is -2.54. The quantitative estimate of drug-likeness (QED) is 0.815. The molecule has 4 unspecified atom stereocenters. The smallest absolute Gasteiger partial charge is 0.307 e. The highest BCUT2D eigenvalue weighted by molar-refractivity contribution is 5.85.